The van der Waals surface area contributed by atoms with Gasteiger partial charge in [0.25, 0.3) is 0 Å². The van der Waals surface area contributed by atoms with Crippen molar-refractivity contribution in [3.63, 3.8) is 0 Å². The summed E-state index contributed by atoms with van der Waals surface area (Å²) in [5.41, 5.74) is 1.17. The summed E-state index contributed by atoms with van der Waals surface area (Å²) < 4.78 is 38.4. The fourth-order valence-corrected chi connectivity index (χ4v) is 3.67. The summed E-state index contributed by atoms with van der Waals surface area (Å²) >= 11 is 0. The molecule has 2 amide bonds. The van der Waals surface area contributed by atoms with Crippen molar-refractivity contribution in [3.8, 4) is 5.75 Å². The Morgan fingerprint density at radius 2 is 1.90 bits per heavy atom. The first-order valence-electron chi connectivity index (χ1n) is 9.27. The van der Waals surface area contributed by atoms with Crippen molar-refractivity contribution in [2.75, 3.05) is 13.1 Å². The minimum atomic E-state index is -0.675. The van der Waals surface area contributed by atoms with Crippen LogP contribution in [0.4, 0.5) is 13.6 Å². The van der Waals surface area contributed by atoms with Crippen LogP contribution in [0, 0.1) is 11.6 Å². The van der Waals surface area contributed by atoms with Crippen molar-refractivity contribution in [1.82, 2.24) is 9.91 Å². The van der Waals surface area contributed by atoms with Crippen molar-refractivity contribution < 1.29 is 22.7 Å². The number of hydrogen-bond donors (Lipinski definition) is 0. The van der Waals surface area contributed by atoms with E-state index >= 15 is 0 Å². The third kappa shape index (κ3) is 3.30. The molecular formula is C21H17F2N3O3. The Hall–Kier alpha value is -3.42. The van der Waals surface area contributed by atoms with Crippen LogP contribution in [0.3, 0.4) is 0 Å². The van der Waals surface area contributed by atoms with E-state index in [0.29, 0.717) is 30.8 Å². The average Bonchev–Trinajstić information content (AvgIpc) is 3.31. The number of fused-ring (bicyclic) bond motifs is 1. The monoisotopic (exact) mass is 397 g/mol. The molecule has 1 fully saturated rings. The normalized spacial score (nSPS) is 19.0. The van der Waals surface area contributed by atoms with Crippen LogP contribution >= 0.6 is 0 Å². The zero-order valence-electron chi connectivity index (χ0n) is 15.3. The van der Waals surface area contributed by atoms with Crippen molar-refractivity contribution >= 4 is 23.2 Å². The van der Waals surface area contributed by atoms with Crippen LogP contribution in [0.15, 0.2) is 58.2 Å². The molecule has 0 N–H and O–H groups in total. The summed E-state index contributed by atoms with van der Waals surface area (Å²) in [5, 5.41) is 6.34. The number of nitrogens with zero attached hydrogens (tertiary/aromatic N) is 3. The Balaban J connectivity index is 1.23. The lowest BCUT2D eigenvalue weighted by Crippen LogP contribution is -2.58. The molecule has 6 nitrogen and oxygen atoms in total. The van der Waals surface area contributed by atoms with Gasteiger partial charge in [-0.15, -0.1) is 0 Å². The quantitative estimate of drug-likeness (QED) is 0.661. The maximum atomic E-state index is 13.6. The molecule has 2 aliphatic heterocycles. The summed E-state index contributed by atoms with van der Waals surface area (Å²) in [6.07, 6.45) is 3.49. The molecule has 0 radical (unpaired) electrons. The molecule has 1 aromatic heterocycles. The number of rotatable bonds is 3. The molecule has 2 aromatic carbocycles. The van der Waals surface area contributed by atoms with Crippen LogP contribution < -0.4 is 4.74 Å². The molecule has 1 atom stereocenters. The lowest BCUT2D eigenvalue weighted by Gasteiger charge is -2.41. The lowest BCUT2D eigenvalue weighted by molar-refractivity contribution is 0.0278. The first-order valence-corrected chi connectivity index (χ1v) is 9.27. The van der Waals surface area contributed by atoms with E-state index in [-0.39, 0.29) is 12.1 Å². The highest BCUT2D eigenvalue weighted by Gasteiger charge is 2.39. The molecule has 3 heterocycles. The van der Waals surface area contributed by atoms with Gasteiger partial charge in [-0.25, -0.2) is 18.6 Å². The number of furan rings is 1. The minimum absolute atomic E-state index is 0.125. The first kappa shape index (κ1) is 17.7. The smallest absolute Gasteiger partial charge is 0.341 e. The third-order valence-electron chi connectivity index (χ3n) is 5.14. The molecular weight excluding hydrogens is 380 g/mol. The summed E-state index contributed by atoms with van der Waals surface area (Å²) in [5.74, 6) is -0.638. The highest BCUT2D eigenvalue weighted by molar-refractivity contribution is 5.80. The average molecular weight is 397 g/mol. The van der Waals surface area contributed by atoms with Gasteiger partial charge in [0, 0.05) is 24.1 Å². The molecule has 0 aliphatic carbocycles. The van der Waals surface area contributed by atoms with Gasteiger partial charge in [-0.1, -0.05) is 0 Å². The van der Waals surface area contributed by atoms with Gasteiger partial charge in [0.15, 0.2) is 0 Å². The predicted octanol–water partition coefficient (Wildman–Crippen LogP) is 4.33. The van der Waals surface area contributed by atoms with Crippen LogP contribution in [-0.2, 0) is 0 Å². The van der Waals surface area contributed by atoms with E-state index in [4.69, 9.17) is 9.15 Å². The van der Waals surface area contributed by atoms with Gasteiger partial charge in [0.2, 0.25) is 0 Å². The van der Waals surface area contributed by atoms with Gasteiger partial charge in [0.05, 0.1) is 25.4 Å². The number of carbonyl (C=O) groups is 1. The molecule has 1 saturated heterocycles. The van der Waals surface area contributed by atoms with Gasteiger partial charge in [-0.3, -0.25) is 0 Å². The second-order valence-corrected chi connectivity index (χ2v) is 7.14. The van der Waals surface area contributed by atoms with Crippen LogP contribution in [0.2, 0.25) is 0 Å². The van der Waals surface area contributed by atoms with E-state index in [1.165, 1.54) is 17.1 Å². The number of benzene rings is 2. The van der Waals surface area contributed by atoms with Crippen molar-refractivity contribution in [2.45, 2.75) is 18.6 Å². The standard InChI is InChI=1S/C21H17F2N3O3/c22-15-7-14(8-16(23)10-15)19-3-5-24-26(19)21(27)25-11-18(12-25)29-17-1-2-20-13(9-17)4-6-28-20/h1-2,4-10,18-19H,3,11-12H2. The molecule has 148 valence electrons. The number of urea groups is 1. The molecule has 3 aromatic rings. The van der Waals surface area contributed by atoms with Crippen LogP contribution in [0.5, 0.6) is 5.75 Å². The number of hydrogen-bond acceptors (Lipinski definition) is 4. The van der Waals surface area contributed by atoms with Gasteiger partial charge in [0.1, 0.15) is 29.1 Å². The van der Waals surface area contributed by atoms with Gasteiger partial charge >= 0.3 is 6.03 Å². The Morgan fingerprint density at radius 1 is 1.10 bits per heavy atom. The van der Waals surface area contributed by atoms with Gasteiger partial charge in [-0.2, -0.15) is 5.10 Å². The number of likely N-dealkylation sites (tertiary alicyclic amines) is 1. The highest BCUT2D eigenvalue weighted by atomic mass is 19.1. The first-order chi connectivity index (χ1) is 14.1. The van der Waals surface area contributed by atoms with E-state index in [2.05, 4.69) is 5.10 Å². The zero-order chi connectivity index (χ0) is 20.0. The summed E-state index contributed by atoms with van der Waals surface area (Å²) in [7, 11) is 0. The van der Waals surface area contributed by atoms with Crippen molar-refractivity contribution in [1.29, 1.82) is 0 Å². The van der Waals surface area contributed by atoms with E-state index in [1.54, 1.807) is 17.4 Å². The fraction of sp³-hybridized carbons (Fsp3) is 0.238. The summed E-state index contributed by atoms with van der Waals surface area (Å²) in [4.78, 5) is 14.4. The largest absolute Gasteiger partial charge is 0.487 e. The maximum absolute atomic E-state index is 13.6. The summed E-state index contributed by atoms with van der Waals surface area (Å²) in [6, 6.07) is 9.87. The zero-order valence-corrected chi connectivity index (χ0v) is 15.3. The summed E-state index contributed by atoms with van der Waals surface area (Å²) in [6.45, 7) is 0.830. The molecule has 29 heavy (non-hydrogen) atoms. The number of halogens is 2. The molecule has 2 aliphatic rings. The maximum Gasteiger partial charge on any atom is 0.341 e. The van der Waals surface area contributed by atoms with E-state index < -0.39 is 17.7 Å². The second-order valence-electron chi connectivity index (χ2n) is 7.14. The van der Waals surface area contributed by atoms with Crippen LogP contribution in [0.25, 0.3) is 11.0 Å². The number of ether oxygens (including phenoxy) is 1. The SMILES string of the molecule is O=C(N1CC(Oc2ccc3occc3c2)C1)N1N=CCC1c1cc(F)cc(F)c1. The van der Waals surface area contributed by atoms with Crippen molar-refractivity contribution in [2.24, 2.45) is 5.10 Å². The molecule has 8 heteroatoms. The number of hydrazone groups is 1. The molecule has 0 saturated carbocycles. The van der Waals surface area contributed by atoms with Gasteiger partial charge in [-0.05, 0) is 42.0 Å². The predicted molar refractivity (Wildman–Crippen MR) is 102 cm³/mol. The molecule has 1 unspecified atom stereocenters. The number of amides is 2. The molecule has 5 rings (SSSR count). The Bertz CT molecular complexity index is 1090. The lowest BCUT2D eigenvalue weighted by atomic mass is 10.0. The minimum Gasteiger partial charge on any atom is -0.487 e. The Morgan fingerprint density at radius 3 is 2.69 bits per heavy atom. The van der Waals surface area contributed by atoms with E-state index in [1.807, 2.05) is 24.3 Å². The van der Waals surface area contributed by atoms with E-state index in [0.717, 1.165) is 17.0 Å². The second kappa shape index (κ2) is 6.88. The van der Waals surface area contributed by atoms with Crippen LogP contribution in [-0.4, -0.2) is 41.3 Å². The van der Waals surface area contributed by atoms with E-state index in [9.17, 15) is 13.6 Å². The topological polar surface area (TPSA) is 58.3 Å². The molecule has 0 spiro atoms. The Kier molecular flexibility index (Phi) is 4.19. The molecule has 0 bridgehead atoms. The highest BCUT2D eigenvalue weighted by Crippen LogP contribution is 2.32. The number of carbonyl (C=O) groups excluding carboxylic acids is 1. The Labute approximate surface area is 164 Å². The fourth-order valence-electron chi connectivity index (χ4n) is 3.67. The van der Waals surface area contributed by atoms with Gasteiger partial charge < -0.3 is 14.1 Å². The van der Waals surface area contributed by atoms with Crippen LogP contribution in [0.1, 0.15) is 18.0 Å². The third-order valence-corrected chi connectivity index (χ3v) is 5.14. The van der Waals surface area contributed by atoms with Crippen molar-refractivity contribution in [3.05, 3.63) is 65.9 Å².